The Hall–Kier alpha value is -3.04. The number of carbonyl (C=O) groups excluding carboxylic acids is 2. The molecule has 2 N–H and O–H groups in total. The van der Waals surface area contributed by atoms with Gasteiger partial charge in [0.1, 0.15) is 11.9 Å². The zero-order valence-corrected chi connectivity index (χ0v) is 19.2. The number of halogens is 1. The first kappa shape index (κ1) is 22.7. The molecule has 0 radical (unpaired) electrons. The van der Waals surface area contributed by atoms with Crippen molar-refractivity contribution in [2.24, 2.45) is 5.92 Å². The molecule has 0 spiro atoms. The predicted molar refractivity (Wildman–Crippen MR) is 126 cm³/mol. The lowest BCUT2D eigenvalue weighted by molar-refractivity contribution is -0.141. The molecule has 3 fully saturated rings. The normalized spacial score (nSPS) is 23.9. The Kier molecular flexibility index (Phi) is 6.73. The molecule has 3 aliphatic rings. The van der Waals surface area contributed by atoms with Crippen molar-refractivity contribution >= 4 is 17.5 Å². The number of piperidine rings is 1. The standard InChI is InChI=1S/C25H31FN6O2/c26-20-3-5-21(6-4-20)30-12-14-32(15-13-30)24(33)18-7-10-31(11-8-18)25(34)23-16-22(28-29-23)19-2-1-9-27-17-19/h1-6,9,17-18,22-23,28-29H,7-8,10-16H2. The second kappa shape index (κ2) is 10.1. The van der Waals surface area contributed by atoms with Crippen LogP contribution in [-0.4, -0.2) is 71.9 Å². The fourth-order valence-corrected chi connectivity index (χ4v) is 5.18. The maximum absolute atomic E-state index is 13.2. The summed E-state index contributed by atoms with van der Waals surface area (Å²) >= 11 is 0. The quantitative estimate of drug-likeness (QED) is 0.714. The molecule has 34 heavy (non-hydrogen) atoms. The third-order valence-corrected chi connectivity index (χ3v) is 7.23. The lowest BCUT2D eigenvalue weighted by atomic mass is 9.94. The zero-order valence-electron chi connectivity index (χ0n) is 19.2. The third kappa shape index (κ3) is 4.90. The number of likely N-dealkylation sites (tertiary alicyclic amines) is 1. The average molecular weight is 467 g/mol. The van der Waals surface area contributed by atoms with Crippen molar-refractivity contribution in [2.45, 2.75) is 31.3 Å². The molecular formula is C25H31FN6O2. The number of hydrazine groups is 1. The molecule has 180 valence electrons. The maximum atomic E-state index is 13.2. The van der Waals surface area contributed by atoms with E-state index in [1.54, 1.807) is 18.3 Å². The lowest BCUT2D eigenvalue weighted by Crippen LogP contribution is -2.53. The van der Waals surface area contributed by atoms with Crippen LogP contribution in [0.5, 0.6) is 0 Å². The van der Waals surface area contributed by atoms with Crippen LogP contribution in [0.15, 0.2) is 48.8 Å². The minimum absolute atomic E-state index is 0.0285. The van der Waals surface area contributed by atoms with Gasteiger partial charge >= 0.3 is 0 Å². The van der Waals surface area contributed by atoms with Gasteiger partial charge in [-0.05, 0) is 55.2 Å². The summed E-state index contributed by atoms with van der Waals surface area (Å²) in [5, 5.41) is 0. The van der Waals surface area contributed by atoms with Gasteiger partial charge in [0.15, 0.2) is 0 Å². The van der Waals surface area contributed by atoms with E-state index in [2.05, 4.69) is 20.7 Å². The van der Waals surface area contributed by atoms with Crippen LogP contribution in [0.25, 0.3) is 0 Å². The Morgan fingerprint density at radius 3 is 2.26 bits per heavy atom. The molecule has 0 saturated carbocycles. The first-order chi connectivity index (χ1) is 16.6. The van der Waals surface area contributed by atoms with Gasteiger partial charge in [-0.25, -0.2) is 15.2 Å². The van der Waals surface area contributed by atoms with Crippen molar-refractivity contribution in [3.05, 3.63) is 60.2 Å². The van der Waals surface area contributed by atoms with Gasteiger partial charge < -0.3 is 14.7 Å². The summed E-state index contributed by atoms with van der Waals surface area (Å²) < 4.78 is 13.2. The number of nitrogens with one attached hydrogen (secondary N) is 2. The van der Waals surface area contributed by atoms with E-state index >= 15 is 0 Å². The van der Waals surface area contributed by atoms with E-state index in [0.717, 1.165) is 24.3 Å². The van der Waals surface area contributed by atoms with Gasteiger partial charge in [-0.3, -0.25) is 14.6 Å². The number of rotatable bonds is 4. The van der Waals surface area contributed by atoms with E-state index in [1.807, 2.05) is 28.1 Å². The Morgan fingerprint density at radius 1 is 0.882 bits per heavy atom. The van der Waals surface area contributed by atoms with Crippen molar-refractivity contribution in [1.29, 1.82) is 0 Å². The molecule has 5 rings (SSSR count). The zero-order chi connectivity index (χ0) is 23.5. The lowest BCUT2D eigenvalue weighted by Gasteiger charge is -2.39. The number of hydrogen-bond acceptors (Lipinski definition) is 6. The van der Waals surface area contributed by atoms with Crippen LogP contribution in [0.1, 0.15) is 30.9 Å². The fourth-order valence-electron chi connectivity index (χ4n) is 5.18. The monoisotopic (exact) mass is 466 g/mol. The van der Waals surface area contributed by atoms with Crippen molar-refractivity contribution in [3.63, 3.8) is 0 Å². The predicted octanol–water partition coefficient (Wildman–Crippen LogP) is 1.72. The molecule has 4 heterocycles. The number of aromatic nitrogens is 1. The number of pyridine rings is 1. The van der Waals surface area contributed by atoms with E-state index in [0.29, 0.717) is 45.4 Å². The fraction of sp³-hybridized carbons (Fsp3) is 0.480. The molecule has 2 atom stereocenters. The van der Waals surface area contributed by atoms with Crippen LogP contribution in [-0.2, 0) is 9.59 Å². The van der Waals surface area contributed by atoms with Gasteiger partial charge in [0, 0.05) is 69.3 Å². The summed E-state index contributed by atoms with van der Waals surface area (Å²) in [7, 11) is 0. The summed E-state index contributed by atoms with van der Waals surface area (Å²) in [5.41, 5.74) is 8.40. The summed E-state index contributed by atoms with van der Waals surface area (Å²) in [6, 6.07) is 10.2. The highest BCUT2D eigenvalue weighted by molar-refractivity contribution is 5.83. The van der Waals surface area contributed by atoms with Crippen molar-refractivity contribution in [3.8, 4) is 0 Å². The van der Waals surface area contributed by atoms with Crippen LogP contribution in [0, 0.1) is 11.7 Å². The summed E-state index contributed by atoms with van der Waals surface area (Å²) in [6.45, 7) is 4.05. The molecule has 2 amide bonds. The minimum Gasteiger partial charge on any atom is -0.368 e. The first-order valence-corrected chi connectivity index (χ1v) is 12.1. The molecular weight excluding hydrogens is 435 g/mol. The largest absolute Gasteiger partial charge is 0.368 e. The number of nitrogens with zero attached hydrogens (tertiary/aromatic N) is 4. The van der Waals surface area contributed by atoms with Crippen molar-refractivity contribution < 1.29 is 14.0 Å². The maximum Gasteiger partial charge on any atom is 0.241 e. The van der Waals surface area contributed by atoms with Gasteiger partial charge in [-0.2, -0.15) is 0 Å². The molecule has 3 aliphatic heterocycles. The van der Waals surface area contributed by atoms with Gasteiger partial charge in [0.25, 0.3) is 0 Å². The van der Waals surface area contributed by atoms with Crippen LogP contribution in [0.3, 0.4) is 0 Å². The van der Waals surface area contributed by atoms with E-state index in [9.17, 15) is 14.0 Å². The SMILES string of the molecule is O=C(C1CCN(C(=O)C2CC(c3cccnc3)NN2)CC1)N1CCN(c2ccc(F)cc2)CC1. The average Bonchev–Trinajstić information content (AvgIpc) is 3.40. The van der Waals surface area contributed by atoms with Crippen LogP contribution in [0.2, 0.25) is 0 Å². The second-order valence-corrected chi connectivity index (χ2v) is 9.30. The molecule has 1 aromatic heterocycles. The van der Waals surface area contributed by atoms with Gasteiger partial charge in [-0.15, -0.1) is 0 Å². The number of benzene rings is 1. The molecule has 2 aromatic rings. The Morgan fingerprint density at radius 2 is 1.59 bits per heavy atom. The Bertz CT molecular complexity index is 988. The Balaban J connectivity index is 1.08. The topological polar surface area (TPSA) is 80.8 Å². The highest BCUT2D eigenvalue weighted by Gasteiger charge is 2.36. The third-order valence-electron chi connectivity index (χ3n) is 7.23. The highest BCUT2D eigenvalue weighted by atomic mass is 19.1. The van der Waals surface area contributed by atoms with Crippen molar-refractivity contribution in [2.75, 3.05) is 44.2 Å². The van der Waals surface area contributed by atoms with E-state index in [1.165, 1.54) is 12.1 Å². The smallest absolute Gasteiger partial charge is 0.241 e. The number of piperazine rings is 1. The summed E-state index contributed by atoms with van der Waals surface area (Å²) in [6.07, 6.45) is 5.65. The molecule has 3 saturated heterocycles. The molecule has 1 aromatic carbocycles. The molecule has 0 bridgehead atoms. The van der Waals surface area contributed by atoms with Crippen LogP contribution >= 0.6 is 0 Å². The number of carbonyl (C=O) groups is 2. The van der Waals surface area contributed by atoms with Crippen LogP contribution in [0.4, 0.5) is 10.1 Å². The minimum atomic E-state index is -0.267. The summed E-state index contributed by atoms with van der Waals surface area (Å²) in [5.74, 6) is 0.0238. The van der Waals surface area contributed by atoms with Gasteiger partial charge in [0.2, 0.25) is 11.8 Å². The molecule has 9 heteroatoms. The van der Waals surface area contributed by atoms with Gasteiger partial charge in [0.05, 0.1) is 0 Å². The van der Waals surface area contributed by atoms with E-state index in [-0.39, 0.29) is 35.6 Å². The summed E-state index contributed by atoms with van der Waals surface area (Å²) in [4.78, 5) is 36.3. The van der Waals surface area contributed by atoms with Crippen molar-refractivity contribution in [1.82, 2.24) is 25.6 Å². The Labute approximate surface area is 199 Å². The number of amides is 2. The van der Waals surface area contributed by atoms with E-state index < -0.39 is 0 Å². The van der Waals surface area contributed by atoms with Crippen LogP contribution < -0.4 is 15.8 Å². The second-order valence-electron chi connectivity index (χ2n) is 9.30. The first-order valence-electron chi connectivity index (χ1n) is 12.1. The molecule has 8 nitrogen and oxygen atoms in total. The van der Waals surface area contributed by atoms with Gasteiger partial charge in [-0.1, -0.05) is 6.07 Å². The number of hydrogen-bond donors (Lipinski definition) is 2. The van der Waals surface area contributed by atoms with E-state index in [4.69, 9.17) is 0 Å². The highest BCUT2D eigenvalue weighted by Crippen LogP contribution is 2.26. The number of anilines is 1. The molecule has 0 aliphatic carbocycles. The molecule has 2 unspecified atom stereocenters.